The average Bonchev–Trinajstić information content (AvgIpc) is 2.22. The van der Waals surface area contributed by atoms with Crippen LogP contribution in [-0.4, -0.2) is 6.04 Å². The molecule has 2 nitrogen and oxygen atoms in total. The first-order chi connectivity index (χ1) is 7.52. The highest BCUT2D eigenvalue weighted by Crippen LogP contribution is 2.18. The van der Waals surface area contributed by atoms with Crippen LogP contribution in [0, 0.1) is 11.7 Å². The third kappa shape index (κ3) is 4.08. The minimum Gasteiger partial charge on any atom is -0.271 e. The van der Waals surface area contributed by atoms with Gasteiger partial charge in [0.2, 0.25) is 0 Å². The molecule has 0 radical (unpaired) electrons. The van der Waals surface area contributed by atoms with Crippen LogP contribution in [0.15, 0.2) is 18.2 Å². The monoisotopic (exact) mass is 244 g/mol. The largest absolute Gasteiger partial charge is 0.271 e. The lowest BCUT2D eigenvalue weighted by Crippen LogP contribution is -2.37. The molecule has 1 aromatic rings. The van der Waals surface area contributed by atoms with Gasteiger partial charge in [0.05, 0.1) is 5.02 Å². The zero-order chi connectivity index (χ0) is 12.1. The average molecular weight is 245 g/mol. The molecule has 4 heteroatoms. The Labute approximate surface area is 101 Å². The first-order valence-corrected chi connectivity index (χ1v) is 5.80. The quantitative estimate of drug-likeness (QED) is 0.618. The molecule has 1 aromatic carbocycles. The van der Waals surface area contributed by atoms with Crippen LogP contribution in [0.5, 0.6) is 0 Å². The number of hydrogen-bond acceptors (Lipinski definition) is 2. The highest BCUT2D eigenvalue weighted by Gasteiger charge is 2.11. The summed E-state index contributed by atoms with van der Waals surface area (Å²) in [4.78, 5) is 0. The van der Waals surface area contributed by atoms with Crippen molar-refractivity contribution in [3.05, 3.63) is 34.6 Å². The van der Waals surface area contributed by atoms with Crippen LogP contribution in [0.4, 0.5) is 4.39 Å². The lowest BCUT2D eigenvalue weighted by Gasteiger charge is -2.18. The molecule has 90 valence electrons. The second kappa shape index (κ2) is 6.18. The van der Waals surface area contributed by atoms with Gasteiger partial charge >= 0.3 is 0 Å². The topological polar surface area (TPSA) is 38.0 Å². The first kappa shape index (κ1) is 13.4. The Bertz CT molecular complexity index is 342. The van der Waals surface area contributed by atoms with E-state index in [1.807, 2.05) is 0 Å². The molecule has 0 amide bonds. The van der Waals surface area contributed by atoms with E-state index in [1.54, 1.807) is 12.1 Å². The molecule has 0 bridgehead atoms. The van der Waals surface area contributed by atoms with Crippen LogP contribution in [-0.2, 0) is 6.42 Å². The standard InChI is InChI=1S/C12H18ClFN2/c1-8(2)5-10(16-15)6-9-3-4-12(14)11(13)7-9/h3-4,7-8,10,16H,5-6,15H2,1-2H3. The minimum atomic E-state index is -0.383. The van der Waals surface area contributed by atoms with Gasteiger partial charge in [-0.15, -0.1) is 0 Å². The van der Waals surface area contributed by atoms with Crippen molar-refractivity contribution in [1.82, 2.24) is 5.43 Å². The van der Waals surface area contributed by atoms with Gasteiger partial charge in [-0.2, -0.15) is 0 Å². The van der Waals surface area contributed by atoms with Crippen molar-refractivity contribution in [2.24, 2.45) is 11.8 Å². The Hall–Kier alpha value is -0.640. The van der Waals surface area contributed by atoms with Gasteiger partial charge in [-0.3, -0.25) is 11.3 Å². The molecular formula is C12H18ClFN2. The zero-order valence-corrected chi connectivity index (χ0v) is 10.4. The maximum absolute atomic E-state index is 13.0. The van der Waals surface area contributed by atoms with Crippen LogP contribution >= 0.6 is 11.6 Å². The summed E-state index contributed by atoms with van der Waals surface area (Å²) in [6.45, 7) is 4.28. The fraction of sp³-hybridized carbons (Fsp3) is 0.500. The fourth-order valence-electron chi connectivity index (χ4n) is 1.73. The second-order valence-corrected chi connectivity index (χ2v) is 4.85. The van der Waals surface area contributed by atoms with Crippen molar-refractivity contribution in [2.75, 3.05) is 0 Å². The Morgan fingerprint density at radius 1 is 1.44 bits per heavy atom. The van der Waals surface area contributed by atoms with Crippen LogP contribution in [0.3, 0.4) is 0 Å². The van der Waals surface area contributed by atoms with E-state index in [0.29, 0.717) is 5.92 Å². The summed E-state index contributed by atoms with van der Waals surface area (Å²) in [5.41, 5.74) is 3.77. The molecule has 0 saturated carbocycles. The normalized spacial score (nSPS) is 13.1. The third-order valence-electron chi connectivity index (χ3n) is 2.46. The number of hydrazine groups is 1. The highest BCUT2D eigenvalue weighted by atomic mass is 35.5. The Morgan fingerprint density at radius 3 is 2.62 bits per heavy atom. The van der Waals surface area contributed by atoms with Crippen molar-refractivity contribution in [3.63, 3.8) is 0 Å². The van der Waals surface area contributed by atoms with Crippen molar-refractivity contribution in [1.29, 1.82) is 0 Å². The van der Waals surface area contributed by atoms with E-state index < -0.39 is 0 Å². The summed E-state index contributed by atoms with van der Waals surface area (Å²) in [7, 11) is 0. The Morgan fingerprint density at radius 2 is 2.12 bits per heavy atom. The molecule has 0 saturated heterocycles. The predicted molar refractivity (Wildman–Crippen MR) is 65.7 cm³/mol. The number of rotatable bonds is 5. The Kier molecular flexibility index (Phi) is 5.19. The van der Waals surface area contributed by atoms with Crippen LogP contribution in [0.1, 0.15) is 25.8 Å². The van der Waals surface area contributed by atoms with Gasteiger partial charge in [0.25, 0.3) is 0 Å². The minimum absolute atomic E-state index is 0.165. The van der Waals surface area contributed by atoms with Crippen molar-refractivity contribution < 1.29 is 4.39 Å². The number of benzene rings is 1. The van der Waals surface area contributed by atoms with Gasteiger partial charge in [0.1, 0.15) is 5.82 Å². The van der Waals surface area contributed by atoms with E-state index in [9.17, 15) is 4.39 Å². The van der Waals surface area contributed by atoms with E-state index in [1.165, 1.54) is 6.07 Å². The molecule has 0 heterocycles. The predicted octanol–water partition coefficient (Wildman–Crippen LogP) is 2.90. The van der Waals surface area contributed by atoms with Gasteiger partial charge < -0.3 is 0 Å². The SMILES string of the molecule is CC(C)CC(Cc1ccc(F)c(Cl)c1)NN. The van der Waals surface area contributed by atoms with E-state index in [-0.39, 0.29) is 16.9 Å². The van der Waals surface area contributed by atoms with Crippen molar-refractivity contribution in [2.45, 2.75) is 32.7 Å². The summed E-state index contributed by atoms with van der Waals surface area (Å²) in [6, 6.07) is 4.98. The van der Waals surface area contributed by atoms with Crippen LogP contribution < -0.4 is 11.3 Å². The fourth-order valence-corrected chi connectivity index (χ4v) is 1.93. The summed E-state index contributed by atoms with van der Waals surface area (Å²) in [5.74, 6) is 5.66. The smallest absolute Gasteiger partial charge is 0.141 e. The molecule has 0 aliphatic rings. The van der Waals surface area contributed by atoms with Gasteiger partial charge in [-0.05, 0) is 36.5 Å². The molecule has 1 unspecified atom stereocenters. The summed E-state index contributed by atoms with van der Waals surface area (Å²) in [5, 5.41) is 0.165. The number of nitrogens with two attached hydrogens (primary N) is 1. The van der Waals surface area contributed by atoms with Gasteiger partial charge in [0, 0.05) is 6.04 Å². The van der Waals surface area contributed by atoms with E-state index >= 15 is 0 Å². The summed E-state index contributed by atoms with van der Waals surface area (Å²) >= 11 is 5.72. The molecule has 3 N–H and O–H groups in total. The molecule has 0 aliphatic heterocycles. The molecule has 0 spiro atoms. The molecule has 1 rings (SSSR count). The van der Waals surface area contributed by atoms with Gasteiger partial charge in [-0.1, -0.05) is 31.5 Å². The number of nitrogens with one attached hydrogen (secondary N) is 1. The number of halogens is 2. The second-order valence-electron chi connectivity index (χ2n) is 4.45. The highest BCUT2D eigenvalue weighted by molar-refractivity contribution is 6.30. The number of hydrogen-bond donors (Lipinski definition) is 2. The van der Waals surface area contributed by atoms with Crippen molar-refractivity contribution >= 4 is 11.6 Å². The van der Waals surface area contributed by atoms with Gasteiger partial charge in [0.15, 0.2) is 0 Å². The van der Waals surface area contributed by atoms with E-state index in [2.05, 4.69) is 19.3 Å². The lowest BCUT2D eigenvalue weighted by atomic mass is 9.98. The van der Waals surface area contributed by atoms with E-state index in [0.717, 1.165) is 18.4 Å². The maximum atomic E-state index is 13.0. The molecule has 0 aromatic heterocycles. The molecule has 0 aliphatic carbocycles. The lowest BCUT2D eigenvalue weighted by molar-refractivity contribution is 0.423. The maximum Gasteiger partial charge on any atom is 0.141 e. The Balaban J connectivity index is 2.66. The molecule has 16 heavy (non-hydrogen) atoms. The molecular weight excluding hydrogens is 227 g/mol. The van der Waals surface area contributed by atoms with Crippen LogP contribution in [0.2, 0.25) is 5.02 Å². The van der Waals surface area contributed by atoms with Crippen LogP contribution in [0.25, 0.3) is 0 Å². The third-order valence-corrected chi connectivity index (χ3v) is 2.75. The van der Waals surface area contributed by atoms with E-state index in [4.69, 9.17) is 17.4 Å². The molecule has 1 atom stereocenters. The van der Waals surface area contributed by atoms with Crippen molar-refractivity contribution in [3.8, 4) is 0 Å². The first-order valence-electron chi connectivity index (χ1n) is 5.43. The van der Waals surface area contributed by atoms with Gasteiger partial charge in [-0.25, -0.2) is 4.39 Å². The summed E-state index contributed by atoms with van der Waals surface area (Å²) in [6.07, 6.45) is 1.74. The summed E-state index contributed by atoms with van der Waals surface area (Å²) < 4.78 is 13.0. The zero-order valence-electron chi connectivity index (χ0n) is 9.63. The molecule has 0 fully saturated rings.